The Morgan fingerprint density at radius 3 is 2.40 bits per heavy atom. The van der Waals surface area contributed by atoms with Crippen molar-refractivity contribution in [2.24, 2.45) is 0 Å². The molecule has 0 spiro atoms. The Labute approximate surface area is 148 Å². The van der Waals surface area contributed by atoms with Crippen LogP contribution in [0, 0.1) is 13.8 Å². The number of aromatic amines is 1. The van der Waals surface area contributed by atoms with Crippen LogP contribution in [-0.2, 0) is 0 Å². The fourth-order valence-corrected chi connectivity index (χ4v) is 3.34. The van der Waals surface area contributed by atoms with Gasteiger partial charge in [-0.05, 0) is 66.0 Å². The zero-order valence-electron chi connectivity index (χ0n) is 14.6. The maximum Gasteiger partial charge on any atom is 0.0456 e. The average molecular weight is 323 g/mol. The first kappa shape index (κ1) is 15.5. The van der Waals surface area contributed by atoms with Crippen LogP contribution in [-0.4, -0.2) is 4.98 Å². The summed E-state index contributed by atoms with van der Waals surface area (Å²) >= 11 is 0. The predicted molar refractivity (Wildman–Crippen MR) is 108 cm³/mol. The summed E-state index contributed by atoms with van der Waals surface area (Å²) in [6.07, 6.45) is 8.50. The van der Waals surface area contributed by atoms with Crippen molar-refractivity contribution < 1.29 is 0 Å². The topological polar surface area (TPSA) is 15.8 Å². The molecule has 1 aliphatic carbocycles. The summed E-state index contributed by atoms with van der Waals surface area (Å²) in [4.78, 5) is 3.39. The van der Waals surface area contributed by atoms with Crippen molar-refractivity contribution >= 4 is 22.0 Å². The van der Waals surface area contributed by atoms with Crippen LogP contribution in [0.4, 0.5) is 0 Å². The minimum Gasteiger partial charge on any atom is -0.359 e. The van der Waals surface area contributed by atoms with Gasteiger partial charge in [0.15, 0.2) is 0 Å². The van der Waals surface area contributed by atoms with Gasteiger partial charge in [-0.2, -0.15) is 0 Å². The van der Waals surface area contributed by atoms with Gasteiger partial charge in [0.25, 0.3) is 0 Å². The van der Waals surface area contributed by atoms with Crippen molar-refractivity contribution in [3.63, 3.8) is 0 Å². The number of aryl methyl sites for hydroxylation is 2. The van der Waals surface area contributed by atoms with E-state index >= 15 is 0 Å². The molecule has 0 radical (unpaired) electrons. The third-order valence-corrected chi connectivity index (χ3v) is 4.62. The SMILES string of the molecule is C=C1C=CC=C(c2ccc3[nH]c(C)cc3c2)C(c2ccc(C)cc2)=C1. The summed E-state index contributed by atoms with van der Waals surface area (Å²) in [5.41, 5.74) is 9.51. The number of fused-ring (bicyclic) bond motifs is 1. The van der Waals surface area contributed by atoms with Gasteiger partial charge in [0.1, 0.15) is 0 Å². The van der Waals surface area contributed by atoms with E-state index in [1.807, 2.05) is 0 Å². The maximum absolute atomic E-state index is 4.15. The standard InChI is InChI=1S/C24H21N/c1-16-7-9-19(10-8-16)23-13-17(2)5-4-6-22(23)20-11-12-24-21(15-20)14-18(3)25-24/h4-15,25H,2H2,1,3H3. The van der Waals surface area contributed by atoms with Gasteiger partial charge in [-0.25, -0.2) is 0 Å². The molecule has 1 aliphatic rings. The molecule has 0 amide bonds. The van der Waals surface area contributed by atoms with E-state index in [9.17, 15) is 0 Å². The molecule has 0 aliphatic heterocycles. The van der Waals surface area contributed by atoms with Gasteiger partial charge in [-0.3, -0.25) is 0 Å². The van der Waals surface area contributed by atoms with Crippen molar-refractivity contribution in [3.05, 3.63) is 107 Å². The summed E-state index contributed by atoms with van der Waals surface area (Å²) in [7, 11) is 0. The molecule has 122 valence electrons. The number of hydrogen-bond acceptors (Lipinski definition) is 0. The van der Waals surface area contributed by atoms with E-state index < -0.39 is 0 Å². The molecule has 0 unspecified atom stereocenters. The number of benzene rings is 2. The molecule has 1 nitrogen and oxygen atoms in total. The lowest BCUT2D eigenvalue weighted by Gasteiger charge is -2.13. The highest BCUT2D eigenvalue weighted by molar-refractivity contribution is 6.07. The Hall–Kier alpha value is -3.06. The highest BCUT2D eigenvalue weighted by atomic mass is 14.7. The smallest absolute Gasteiger partial charge is 0.0456 e. The van der Waals surface area contributed by atoms with Crippen molar-refractivity contribution in [3.8, 4) is 0 Å². The average Bonchev–Trinajstić information content (AvgIpc) is 2.85. The third-order valence-electron chi connectivity index (χ3n) is 4.62. The Kier molecular flexibility index (Phi) is 3.77. The van der Waals surface area contributed by atoms with Gasteiger partial charge in [0, 0.05) is 16.6 Å². The van der Waals surface area contributed by atoms with Crippen molar-refractivity contribution in [1.82, 2.24) is 4.98 Å². The van der Waals surface area contributed by atoms with Crippen LogP contribution >= 0.6 is 0 Å². The number of H-pyrrole nitrogens is 1. The first-order valence-corrected chi connectivity index (χ1v) is 8.56. The zero-order valence-corrected chi connectivity index (χ0v) is 14.6. The molecule has 1 heterocycles. The van der Waals surface area contributed by atoms with Crippen LogP contribution in [0.25, 0.3) is 22.0 Å². The summed E-state index contributed by atoms with van der Waals surface area (Å²) < 4.78 is 0. The normalized spacial score (nSPS) is 14.4. The molecule has 0 fully saturated rings. The quantitative estimate of drug-likeness (QED) is 0.563. The zero-order chi connectivity index (χ0) is 17.4. The van der Waals surface area contributed by atoms with E-state index in [0.717, 1.165) is 5.57 Å². The van der Waals surface area contributed by atoms with Crippen LogP contribution in [0.2, 0.25) is 0 Å². The lowest BCUT2D eigenvalue weighted by atomic mass is 9.90. The van der Waals surface area contributed by atoms with Crippen molar-refractivity contribution in [1.29, 1.82) is 0 Å². The van der Waals surface area contributed by atoms with Gasteiger partial charge in [-0.15, -0.1) is 0 Å². The number of allylic oxidation sites excluding steroid dienone is 7. The lowest BCUT2D eigenvalue weighted by molar-refractivity contribution is 1.30. The number of rotatable bonds is 2. The molecule has 1 N–H and O–H groups in total. The van der Waals surface area contributed by atoms with Gasteiger partial charge >= 0.3 is 0 Å². The molecule has 1 aromatic heterocycles. The Balaban J connectivity index is 1.87. The van der Waals surface area contributed by atoms with E-state index in [1.165, 1.54) is 44.4 Å². The van der Waals surface area contributed by atoms with Crippen LogP contribution < -0.4 is 0 Å². The number of nitrogens with one attached hydrogen (secondary N) is 1. The van der Waals surface area contributed by atoms with Crippen LogP contribution in [0.15, 0.2) is 85.0 Å². The minimum atomic E-state index is 1.01. The van der Waals surface area contributed by atoms with Gasteiger partial charge in [-0.1, -0.05) is 60.7 Å². The second-order valence-corrected chi connectivity index (χ2v) is 6.69. The van der Waals surface area contributed by atoms with Crippen LogP contribution in [0.5, 0.6) is 0 Å². The highest BCUT2D eigenvalue weighted by Crippen LogP contribution is 2.35. The van der Waals surface area contributed by atoms with Gasteiger partial charge in [0.05, 0.1) is 0 Å². The second-order valence-electron chi connectivity index (χ2n) is 6.69. The molecule has 0 atom stereocenters. The third kappa shape index (κ3) is 3.01. The molecule has 3 aromatic rings. The fraction of sp³-hybridized carbons (Fsp3) is 0.0833. The molecule has 2 aromatic carbocycles. The molecule has 0 saturated heterocycles. The summed E-state index contributed by atoms with van der Waals surface area (Å²) in [5, 5.41) is 1.24. The fourth-order valence-electron chi connectivity index (χ4n) is 3.34. The molecular weight excluding hydrogens is 302 g/mol. The van der Waals surface area contributed by atoms with Crippen LogP contribution in [0.3, 0.4) is 0 Å². The first-order valence-electron chi connectivity index (χ1n) is 8.56. The number of hydrogen-bond donors (Lipinski definition) is 1. The second kappa shape index (κ2) is 6.10. The number of aromatic nitrogens is 1. The first-order chi connectivity index (χ1) is 12.1. The van der Waals surface area contributed by atoms with E-state index in [2.05, 4.69) is 98.2 Å². The molecule has 1 heteroatoms. The molecule has 4 rings (SSSR count). The molecular formula is C24H21N. The monoisotopic (exact) mass is 323 g/mol. The molecule has 25 heavy (non-hydrogen) atoms. The Bertz CT molecular complexity index is 1050. The van der Waals surface area contributed by atoms with E-state index in [0.29, 0.717) is 0 Å². The maximum atomic E-state index is 4.15. The Morgan fingerprint density at radius 2 is 1.60 bits per heavy atom. The van der Waals surface area contributed by atoms with Gasteiger partial charge < -0.3 is 4.98 Å². The largest absolute Gasteiger partial charge is 0.359 e. The Morgan fingerprint density at radius 1 is 0.840 bits per heavy atom. The highest BCUT2D eigenvalue weighted by Gasteiger charge is 2.13. The summed E-state index contributed by atoms with van der Waals surface area (Å²) in [5.74, 6) is 0. The van der Waals surface area contributed by atoms with Crippen LogP contribution in [0.1, 0.15) is 22.4 Å². The van der Waals surface area contributed by atoms with Crippen molar-refractivity contribution in [2.45, 2.75) is 13.8 Å². The van der Waals surface area contributed by atoms with Crippen molar-refractivity contribution in [2.75, 3.05) is 0 Å². The van der Waals surface area contributed by atoms with E-state index in [1.54, 1.807) is 0 Å². The predicted octanol–water partition coefficient (Wildman–Crippen LogP) is 6.38. The lowest BCUT2D eigenvalue weighted by Crippen LogP contribution is -1.91. The molecule has 0 bridgehead atoms. The van der Waals surface area contributed by atoms with E-state index in [4.69, 9.17) is 0 Å². The van der Waals surface area contributed by atoms with E-state index in [-0.39, 0.29) is 0 Å². The summed E-state index contributed by atoms with van der Waals surface area (Å²) in [6, 6.07) is 17.5. The van der Waals surface area contributed by atoms with Gasteiger partial charge in [0.2, 0.25) is 0 Å². The summed E-state index contributed by atoms with van der Waals surface area (Å²) in [6.45, 7) is 8.36. The minimum absolute atomic E-state index is 1.01. The molecule has 0 saturated carbocycles.